The number of halogens is 4. The molecule has 1 N–H and O–H groups in total. The summed E-state index contributed by atoms with van der Waals surface area (Å²) in [5, 5.41) is 1.29. The van der Waals surface area contributed by atoms with Crippen LogP contribution in [0, 0.1) is 0 Å². The number of fused-ring (bicyclic) bond motifs is 1. The molecule has 182 valence electrons. The minimum atomic E-state index is -4.73. The van der Waals surface area contributed by atoms with E-state index in [0.717, 1.165) is 23.9 Å². The Balaban J connectivity index is 1.88. The average Bonchev–Trinajstić information content (AvgIpc) is 3.09. The van der Waals surface area contributed by atoms with Crippen LogP contribution in [0.5, 0.6) is 0 Å². The molecule has 14 heteroatoms. The van der Waals surface area contributed by atoms with Gasteiger partial charge in [-0.15, -0.1) is 0 Å². The molecule has 0 bridgehead atoms. The van der Waals surface area contributed by atoms with Gasteiger partial charge >= 0.3 is 12.3 Å². The highest BCUT2D eigenvalue weighted by Gasteiger charge is 2.49. The summed E-state index contributed by atoms with van der Waals surface area (Å²) in [4.78, 5) is 29.4. The molecule has 0 saturated carbocycles. The molecule has 0 aliphatic carbocycles. The minimum Gasteiger partial charge on any atom is -0.444 e. The van der Waals surface area contributed by atoms with E-state index in [2.05, 4.69) is 10.3 Å². The van der Waals surface area contributed by atoms with E-state index in [4.69, 9.17) is 16.3 Å². The van der Waals surface area contributed by atoms with Crippen LogP contribution in [0.1, 0.15) is 26.3 Å². The number of benzene rings is 1. The number of amides is 2. The normalized spacial score (nSPS) is 23.5. The maximum Gasteiger partial charge on any atom is 0.417 e. The van der Waals surface area contributed by atoms with E-state index < -0.39 is 62.0 Å². The zero-order chi connectivity index (χ0) is 24.8. The number of thioether (sulfide) groups is 1. The first-order valence-electron chi connectivity index (χ1n) is 9.67. The fourth-order valence-electron chi connectivity index (χ4n) is 3.35. The topological polar surface area (TPSA) is 105 Å². The van der Waals surface area contributed by atoms with Gasteiger partial charge in [0.25, 0.3) is 5.91 Å². The van der Waals surface area contributed by atoms with Crippen molar-refractivity contribution in [3.63, 3.8) is 0 Å². The third kappa shape index (κ3) is 6.33. The van der Waals surface area contributed by atoms with Gasteiger partial charge < -0.3 is 15.0 Å². The molecule has 2 aliphatic heterocycles. The third-order valence-electron chi connectivity index (χ3n) is 4.60. The Kier molecular flexibility index (Phi) is 6.98. The summed E-state index contributed by atoms with van der Waals surface area (Å²) >= 11 is 6.70. The number of alkyl halides is 3. The number of hydrogen-bond donors (Lipinski definition) is 1. The number of aliphatic imine (C=N–C) groups is 1. The second-order valence-corrected chi connectivity index (χ2v) is 12.2. The Hall–Kier alpha value is -1.99. The van der Waals surface area contributed by atoms with Crippen molar-refractivity contribution in [2.24, 2.45) is 4.99 Å². The molecular weight excluding hydrogens is 507 g/mol. The van der Waals surface area contributed by atoms with E-state index in [0.29, 0.717) is 0 Å². The highest BCUT2D eigenvalue weighted by Crippen LogP contribution is 2.43. The van der Waals surface area contributed by atoms with Crippen LogP contribution in [0.4, 0.5) is 23.7 Å². The molecule has 2 saturated heterocycles. The van der Waals surface area contributed by atoms with E-state index in [-0.39, 0.29) is 22.4 Å². The van der Waals surface area contributed by atoms with Crippen molar-refractivity contribution in [3.8, 4) is 0 Å². The zero-order valence-electron chi connectivity index (χ0n) is 17.8. The van der Waals surface area contributed by atoms with Crippen molar-refractivity contribution in [2.45, 2.75) is 43.8 Å². The Morgan fingerprint density at radius 2 is 1.94 bits per heavy atom. The minimum absolute atomic E-state index is 0.00970. The zero-order valence-corrected chi connectivity index (χ0v) is 20.2. The summed E-state index contributed by atoms with van der Waals surface area (Å²) in [5.74, 6) is -1.26. The van der Waals surface area contributed by atoms with E-state index >= 15 is 0 Å². The molecule has 2 atom stereocenters. The van der Waals surface area contributed by atoms with Gasteiger partial charge in [0.15, 0.2) is 15.0 Å². The quantitative estimate of drug-likeness (QED) is 0.641. The fraction of sp³-hybridized carbons (Fsp3) is 0.526. The number of hydrogen-bond acceptors (Lipinski definition) is 6. The lowest BCUT2D eigenvalue weighted by molar-refractivity contribution is -0.137. The number of amidine groups is 1. The smallest absolute Gasteiger partial charge is 0.417 e. The number of nitrogens with one attached hydrogen (secondary N) is 1. The summed E-state index contributed by atoms with van der Waals surface area (Å²) in [6.07, 6.45) is -5.56. The van der Waals surface area contributed by atoms with Crippen molar-refractivity contribution >= 4 is 56.1 Å². The number of carbonyl (C=O) groups excluding carboxylic acids is 2. The first-order valence-corrected chi connectivity index (χ1v) is 12.7. The SMILES string of the molecule is CC(C)(C)OC(=O)NCC(=O)N=C1S[C@@H]2CS(=O)(=O)C[C@H]2N1c1ccc(Cl)c(C(F)(F)F)c1. The lowest BCUT2D eigenvalue weighted by Crippen LogP contribution is -2.38. The number of carbonyl (C=O) groups is 2. The van der Waals surface area contributed by atoms with Crippen LogP contribution >= 0.6 is 23.4 Å². The van der Waals surface area contributed by atoms with Gasteiger partial charge in [-0.3, -0.25) is 4.79 Å². The molecule has 0 aromatic heterocycles. The lowest BCUT2D eigenvalue weighted by atomic mass is 10.1. The van der Waals surface area contributed by atoms with E-state index in [1.165, 1.54) is 11.0 Å². The van der Waals surface area contributed by atoms with Crippen LogP contribution < -0.4 is 10.2 Å². The van der Waals surface area contributed by atoms with Crippen molar-refractivity contribution < 1.29 is 35.9 Å². The summed E-state index contributed by atoms with van der Waals surface area (Å²) in [6, 6.07) is 2.47. The van der Waals surface area contributed by atoms with Crippen LogP contribution in [0.2, 0.25) is 5.02 Å². The number of sulfone groups is 1. The first kappa shape index (κ1) is 25.6. The summed E-state index contributed by atoms with van der Waals surface area (Å²) in [5.41, 5.74) is -1.85. The van der Waals surface area contributed by atoms with Crippen molar-refractivity contribution in [2.75, 3.05) is 23.0 Å². The molecule has 0 spiro atoms. The average molecular weight is 528 g/mol. The van der Waals surface area contributed by atoms with Gasteiger partial charge in [0.2, 0.25) is 0 Å². The number of ether oxygens (including phenoxy) is 1. The molecule has 1 aromatic carbocycles. The molecule has 1 aromatic rings. The van der Waals surface area contributed by atoms with Gasteiger partial charge in [-0.2, -0.15) is 18.2 Å². The third-order valence-corrected chi connectivity index (χ3v) is 8.14. The maximum absolute atomic E-state index is 13.4. The number of nitrogens with zero attached hydrogens (tertiary/aromatic N) is 2. The molecule has 8 nitrogen and oxygen atoms in total. The van der Waals surface area contributed by atoms with Crippen LogP contribution in [-0.4, -0.2) is 60.5 Å². The number of anilines is 1. The number of rotatable bonds is 3. The van der Waals surface area contributed by atoms with Gasteiger partial charge in [-0.1, -0.05) is 23.4 Å². The fourth-order valence-corrected chi connectivity index (χ4v) is 7.51. The molecule has 3 rings (SSSR count). The number of alkyl carbamates (subject to hydrolysis) is 1. The Bertz CT molecular complexity index is 1100. The van der Waals surface area contributed by atoms with Gasteiger partial charge in [0.1, 0.15) is 12.1 Å². The van der Waals surface area contributed by atoms with Crippen molar-refractivity contribution in [1.29, 1.82) is 0 Å². The Labute approximate surface area is 197 Å². The molecule has 33 heavy (non-hydrogen) atoms. The molecular formula is C19H21ClF3N3O5S2. The summed E-state index contributed by atoms with van der Waals surface area (Å²) < 4.78 is 69.4. The highest BCUT2D eigenvalue weighted by molar-refractivity contribution is 8.16. The Morgan fingerprint density at radius 1 is 1.27 bits per heavy atom. The maximum atomic E-state index is 13.4. The Morgan fingerprint density at radius 3 is 2.55 bits per heavy atom. The molecule has 2 amide bonds. The predicted octanol–water partition coefficient (Wildman–Crippen LogP) is 3.48. The van der Waals surface area contributed by atoms with Crippen LogP contribution in [0.3, 0.4) is 0 Å². The second-order valence-electron chi connectivity index (χ2n) is 8.48. The largest absolute Gasteiger partial charge is 0.444 e. The van der Waals surface area contributed by atoms with Gasteiger partial charge in [-0.05, 0) is 39.0 Å². The predicted molar refractivity (Wildman–Crippen MR) is 119 cm³/mol. The van der Waals surface area contributed by atoms with E-state index in [1.54, 1.807) is 20.8 Å². The standard InChI is InChI=1S/C19H21ClF3N3O5S2/c1-18(2,3)31-17(28)24-7-15(27)25-16-26(13-8-33(29,30)9-14(13)32-16)10-4-5-12(20)11(6-10)19(21,22)23/h4-6,13-14H,7-9H2,1-3H3,(H,24,28)/t13-,14-/m1/s1. The summed E-state index contributed by atoms with van der Waals surface area (Å²) in [6.45, 7) is 4.44. The van der Waals surface area contributed by atoms with Crippen molar-refractivity contribution in [1.82, 2.24) is 5.32 Å². The molecule has 2 heterocycles. The van der Waals surface area contributed by atoms with Crippen molar-refractivity contribution in [3.05, 3.63) is 28.8 Å². The van der Waals surface area contributed by atoms with E-state index in [9.17, 15) is 31.2 Å². The van der Waals surface area contributed by atoms with Crippen LogP contribution in [0.15, 0.2) is 23.2 Å². The van der Waals surface area contributed by atoms with Crippen LogP contribution in [-0.2, 0) is 25.5 Å². The second kappa shape index (κ2) is 8.99. The van der Waals surface area contributed by atoms with E-state index in [1.807, 2.05) is 0 Å². The molecule has 2 aliphatic rings. The lowest BCUT2D eigenvalue weighted by Gasteiger charge is -2.25. The van der Waals surface area contributed by atoms with Crippen LogP contribution in [0.25, 0.3) is 0 Å². The highest BCUT2D eigenvalue weighted by atomic mass is 35.5. The van der Waals surface area contributed by atoms with Gasteiger partial charge in [0, 0.05) is 10.9 Å². The first-order chi connectivity index (χ1) is 15.1. The molecule has 2 fully saturated rings. The monoisotopic (exact) mass is 527 g/mol. The summed E-state index contributed by atoms with van der Waals surface area (Å²) in [7, 11) is -3.41. The van der Waals surface area contributed by atoms with Gasteiger partial charge in [-0.25, -0.2) is 13.2 Å². The molecule has 0 unspecified atom stereocenters. The molecule has 0 radical (unpaired) electrons. The van der Waals surface area contributed by atoms with Gasteiger partial charge in [0.05, 0.1) is 28.1 Å².